The van der Waals surface area contributed by atoms with Crippen LogP contribution in [-0.4, -0.2) is 41.9 Å². The SMILES string of the molecule is COc1ccc2[nH]c(C(=O)N3CCC(C(N)=O)CC3)cc2c1. The van der Waals surface area contributed by atoms with Gasteiger partial charge in [-0.3, -0.25) is 9.59 Å². The molecule has 1 aromatic heterocycles. The minimum absolute atomic E-state index is 0.0434. The fourth-order valence-corrected chi connectivity index (χ4v) is 2.89. The highest BCUT2D eigenvalue weighted by atomic mass is 16.5. The lowest BCUT2D eigenvalue weighted by atomic mass is 9.96. The number of hydrogen-bond acceptors (Lipinski definition) is 3. The van der Waals surface area contributed by atoms with E-state index in [9.17, 15) is 9.59 Å². The number of fused-ring (bicyclic) bond motifs is 1. The largest absolute Gasteiger partial charge is 0.497 e. The van der Waals surface area contributed by atoms with Crippen molar-refractivity contribution in [2.24, 2.45) is 11.7 Å². The number of methoxy groups -OCH3 is 1. The number of aromatic nitrogens is 1. The molecule has 22 heavy (non-hydrogen) atoms. The normalized spacial score (nSPS) is 16.0. The summed E-state index contributed by atoms with van der Waals surface area (Å²) in [5.74, 6) is 0.326. The van der Waals surface area contributed by atoms with E-state index in [4.69, 9.17) is 10.5 Å². The molecule has 0 unspecified atom stereocenters. The Morgan fingerprint density at radius 1 is 1.27 bits per heavy atom. The number of ether oxygens (including phenoxy) is 1. The van der Waals surface area contributed by atoms with Crippen LogP contribution in [0.4, 0.5) is 0 Å². The van der Waals surface area contributed by atoms with Crippen molar-refractivity contribution in [1.82, 2.24) is 9.88 Å². The van der Waals surface area contributed by atoms with Gasteiger partial charge in [-0.15, -0.1) is 0 Å². The zero-order chi connectivity index (χ0) is 15.7. The number of H-pyrrole nitrogens is 1. The maximum Gasteiger partial charge on any atom is 0.270 e. The van der Waals surface area contributed by atoms with Gasteiger partial charge in [-0.05, 0) is 37.1 Å². The van der Waals surface area contributed by atoms with Crippen LogP contribution in [0.15, 0.2) is 24.3 Å². The molecule has 2 amide bonds. The first-order valence-corrected chi connectivity index (χ1v) is 7.34. The number of amides is 2. The average molecular weight is 301 g/mol. The molecule has 1 saturated heterocycles. The molecule has 1 fully saturated rings. The van der Waals surface area contributed by atoms with Gasteiger partial charge in [-0.25, -0.2) is 0 Å². The second-order valence-corrected chi connectivity index (χ2v) is 5.61. The van der Waals surface area contributed by atoms with E-state index in [2.05, 4.69) is 4.98 Å². The van der Waals surface area contributed by atoms with Crippen LogP contribution < -0.4 is 10.5 Å². The van der Waals surface area contributed by atoms with Crippen molar-refractivity contribution in [3.63, 3.8) is 0 Å². The number of piperidine rings is 1. The smallest absolute Gasteiger partial charge is 0.270 e. The lowest BCUT2D eigenvalue weighted by molar-refractivity contribution is -0.123. The fraction of sp³-hybridized carbons (Fsp3) is 0.375. The van der Waals surface area contributed by atoms with Gasteiger partial charge in [-0.1, -0.05) is 0 Å². The highest BCUT2D eigenvalue weighted by Crippen LogP contribution is 2.23. The number of benzene rings is 1. The van der Waals surface area contributed by atoms with Gasteiger partial charge >= 0.3 is 0 Å². The van der Waals surface area contributed by atoms with Crippen LogP contribution in [0.1, 0.15) is 23.3 Å². The number of rotatable bonds is 3. The van der Waals surface area contributed by atoms with Gasteiger partial charge in [0.05, 0.1) is 7.11 Å². The Labute approximate surface area is 128 Å². The molecule has 1 aliphatic rings. The van der Waals surface area contributed by atoms with E-state index in [1.165, 1.54) is 0 Å². The van der Waals surface area contributed by atoms with Crippen molar-refractivity contribution in [1.29, 1.82) is 0 Å². The zero-order valence-electron chi connectivity index (χ0n) is 12.5. The summed E-state index contributed by atoms with van der Waals surface area (Å²) in [5, 5.41) is 0.940. The summed E-state index contributed by atoms with van der Waals surface area (Å²) in [6, 6.07) is 7.47. The molecule has 3 rings (SSSR count). The van der Waals surface area contributed by atoms with E-state index >= 15 is 0 Å². The number of carbonyl (C=O) groups excluding carboxylic acids is 2. The first-order chi connectivity index (χ1) is 10.6. The Morgan fingerprint density at radius 2 is 2.00 bits per heavy atom. The number of likely N-dealkylation sites (tertiary alicyclic amines) is 1. The Balaban J connectivity index is 1.76. The maximum atomic E-state index is 12.5. The van der Waals surface area contributed by atoms with Gasteiger partial charge < -0.3 is 20.4 Å². The molecule has 1 aliphatic heterocycles. The number of aromatic amines is 1. The van der Waals surface area contributed by atoms with Crippen LogP contribution in [0.5, 0.6) is 5.75 Å². The molecule has 116 valence electrons. The second-order valence-electron chi connectivity index (χ2n) is 5.61. The molecule has 0 radical (unpaired) electrons. The standard InChI is InChI=1S/C16H19N3O3/c1-22-12-2-3-13-11(8-12)9-14(18-13)16(21)19-6-4-10(5-7-19)15(17)20/h2-3,8-10,18H,4-7H2,1H3,(H2,17,20). The van der Waals surface area contributed by atoms with E-state index in [0.29, 0.717) is 31.6 Å². The van der Waals surface area contributed by atoms with Crippen LogP contribution in [-0.2, 0) is 4.79 Å². The Kier molecular flexibility index (Phi) is 3.75. The van der Waals surface area contributed by atoms with Crippen molar-refractivity contribution in [3.8, 4) is 5.75 Å². The monoisotopic (exact) mass is 301 g/mol. The van der Waals surface area contributed by atoms with Crippen LogP contribution in [0.3, 0.4) is 0 Å². The quantitative estimate of drug-likeness (QED) is 0.900. The van der Waals surface area contributed by atoms with Crippen LogP contribution in [0.25, 0.3) is 10.9 Å². The molecule has 0 spiro atoms. The lowest BCUT2D eigenvalue weighted by Gasteiger charge is -2.30. The summed E-state index contributed by atoms with van der Waals surface area (Å²) in [6.07, 6.45) is 1.27. The number of carbonyl (C=O) groups is 2. The molecule has 0 atom stereocenters. The molecule has 0 bridgehead atoms. The molecule has 2 aromatic rings. The summed E-state index contributed by atoms with van der Waals surface area (Å²) in [6.45, 7) is 1.12. The Hall–Kier alpha value is -2.50. The predicted molar refractivity (Wildman–Crippen MR) is 82.7 cm³/mol. The highest BCUT2D eigenvalue weighted by Gasteiger charge is 2.27. The van der Waals surface area contributed by atoms with Crippen molar-refractivity contribution in [2.45, 2.75) is 12.8 Å². The highest BCUT2D eigenvalue weighted by molar-refractivity contribution is 5.98. The Morgan fingerprint density at radius 3 is 2.64 bits per heavy atom. The number of nitrogens with one attached hydrogen (secondary N) is 1. The van der Waals surface area contributed by atoms with Crippen LogP contribution in [0, 0.1) is 5.92 Å². The van der Waals surface area contributed by atoms with Crippen molar-refractivity contribution >= 4 is 22.7 Å². The van der Waals surface area contributed by atoms with Gasteiger partial charge in [0.25, 0.3) is 5.91 Å². The summed E-state index contributed by atoms with van der Waals surface area (Å²) in [4.78, 5) is 28.6. The summed E-state index contributed by atoms with van der Waals surface area (Å²) in [7, 11) is 1.61. The van der Waals surface area contributed by atoms with E-state index in [-0.39, 0.29) is 17.7 Å². The Bertz CT molecular complexity index is 714. The third kappa shape index (κ3) is 2.64. The molecule has 6 nitrogen and oxygen atoms in total. The van der Waals surface area contributed by atoms with Gasteiger partial charge in [0.15, 0.2) is 0 Å². The van der Waals surface area contributed by atoms with Crippen LogP contribution in [0.2, 0.25) is 0 Å². The van der Waals surface area contributed by atoms with Gasteiger partial charge in [0.2, 0.25) is 5.91 Å². The van der Waals surface area contributed by atoms with Gasteiger partial charge in [0, 0.05) is 29.9 Å². The van der Waals surface area contributed by atoms with Gasteiger partial charge in [0.1, 0.15) is 11.4 Å². The van der Waals surface area contributed by atoms with Crippen molar-refractivity contribution < 1.29 is 14.3 Å². The number of primary amides is 1. The number of nitrogens with zero attached hydrogens (tertiary/aromatic N) is 1. The third-order valence-corrected chi connectivity index (χ3v) is 4.24. The molecule has 0 saturated carbocycles. The molecule has 2 heterocycles. The molecule has 3 N–H and O–H groups in total. The van der Waals surface area contributed by atoms with Crippen molar-refractivity contribution in [3.05, 3.63) is 30.0 Å². The second kappa shape index (κ2) is 5.71. The van der Waals surface area contributed by atoms with Gasteiger partial charge in [-0.2, -0.15) is 0 Å². The van der Waals surface area contributed by atoms with E-state index in [1.807, 2.05) is 24.3 Å². The maximum absolute atomic E-state index is 12.5. The minimum Gasteiger partial charge on any atom is -0.497 e. The molecule has 6 heteroatoms. The molecule has 0 aliphatic carbocycles. The summed E-state index contributed by atoms with van der Waals surface area (Å²) >= 11 is 0. The summed E-state index contributed by atoms with van der Waals surface area (Å²) < 4.78 is 5.19. The molecular formula is C16H19N3O3. The first-order valence-electron chi connectivity index (χ1n) is 7.34. The topological polar surface area (TPSA) is 88.4 Å². The molecule has 1 aromatic carbocycles. The summed E-state index contributed by atoms with van der Waals surface area (Å²) in [5.41, 5.74) is 6.77. The fourth-order valence-electron chi connectivity index (χ4n) is 2.89. The first kappa shape index (κ1) is 14.4. The van der Waals surface area contributed by atoms with E-state index in [1.54, 1.807) is 12.0 Å². The molecular weight excluding hydrogens is 282 g/mol. The zero-order valence-corrected chi connectivity index (χ0v) is 12.5. The predicted octanol–water partition coefficient (Wildman–Crippen LogP) is 1.51. The number of nitrogens with two attached hydrogens (primary N) is 1. The average Bonchev–Trinajstić information content (AvgIpc) is 2.97. The van der Waals surface area contributed by atoms with Crippen LogP contribution >= 0.6 is 0 Å². The van der Waals surface area contributed by atoms with Crippen molar-refractivity contribution in [2.75, 3.05) is 20.2 Å². The number of hydrogen-bond donors (Lipinski definition) is 2. The van der Waals surface area contributed by atoms with E-state index < -0.39 is 0 Å². The third-order valence-electron chi connectivity index (χ3n) is 4.24. The minimum atomic E-state index is -0.273. The lowest BCUT2D eigenvalue weighted by Crippen LogP contribution is -2.41. The van der Waals surface area contributed by atoms with E-state index in [0.717, 1.165) is 16.7 Å².